The monoisotopic (exact) mass is 296 g/mol. The normalized spacial score (nSPS) is 12.6. The SMILES string of the molecule is CCCC(N)c1nc(-c2cncc(Br)c2)no1. The minimum Gasteiger partial charge on any atom is -0.337 e. The summed E-state index contributed by atoms with van der Waals surface area (Å²) in [5, 5.41) is 3.90. The molecular formula is C11H13BrN4O. The predicted molar refractivity (Wildman–Crippen MR) is 67.1 cm³/mol. The highest BCUT2D eigenvalue weighted by atomic mass is 79.9. The van der Waals surface area contributed by atoms with Crippen LogP contribution in [0.2, 0.25) is 0 Å². The van der Waals surface area contributed by atoms with Crippen LogP contribution in [0.3, 0.4) is 0 Å². The van der Waals surface area contributed by atoms with E-state index in [1.807, 2.05) is 6.07 Å². The van der Waals surface area contributed by atoms with E-state index in [4.69, 9.17) is 10.3 Å². The van der Waals surface area contributed by atoms with Gasteiger partial charge in [0, 0.05) is 22.4 Å². The van der Waals surface area contributed by atoms with E-state index in [0.717, 1.165) is 22.9 Å². The third kappa shape index (κ3) is 2.89. The predicted octanol–water partition coefficient (Wildman–Crippen LogP) is 2.69. The molecule has 2 rings (SSSR count). The van der Waals surface area contributed by atoms with Gasteiger partial charge >= 0.3 is 0 Å². The lowest BCUT2D eigenvalue weighted by Gasteiger charge is -2.02. The fraction of sp³-hybridized carbons (Fsp3) is 0.364. The summed E-state index contributed by atoms with van der Waals surface area (Å²) in [6.07, 6.45) is 5.20. The molecule has 1 atom stereocenters. The second-order valence-electron chi connectivity index (χ2n) is 3.74. The summed E-state index contributed by atoms with van der Waals surface area (Å²) in [4.78, 5) is 8.33. The van der Waals surface area contributed by atoms with E-state index in [1.54, 1.807) is 12.4 Å². The molecule has 0 bridgehead atoms. The summed E-state index contributed by atoms with van der Waals surface area (Å²) in [7, 11) is 0. The first-order valence-corrected chi connectivity index (χ1v) is 6.20. The van der Waals surface area contributed by atoms with Gasteiger partial charge in [0.1, 0.15) is 0 Å². The minimum absolute atomic E-state index is 0.193. The maximum Gasteiger partial charge on any atom is 0.243 e. The van der Waals surface area contributed by atoms with Gasteiger partial charge in [-0.3, -0.25) is 4.98 Å². The first-order valence-electron chi connectivity index (χ1n) is 5.40. The molecule has 1 unspecified atom stereocenters. The molecule has 6 heteroatoms. The van der Waals surface area contributed by atoms with Crippen molar-refractivity contribution in [3.05, 3.63) is 28.8 Å². The zero-order valence-corrected chi connectivity index (χ0v) is 11.0. The van der Waals surface area contributed by atoms with Gasteiger partial charge in [0.05, 0.1) is 6.04 Å². The van der Waals surface area contributed by atoms with Crippen LogP contribution in [0.15, 0.2) is 27.5 Å². The summed E-state index contributed by atoms with van der Waals surface area (Å²) in [5.74, 6) is 0.988. The lowest BCUT2D eigenvalue weighted by atomic mass is 10.2. The number of nitrogens with two attached hydrogens (primary N) is 1. The molecule has 2 aromatic rings. The van der Waals surface area contributed by atoms with Gasteiger partial charge in [-0.25, -0.2) is 0 Å². The molecule has 0 fully saturated rings. The van der Waals surface area contributed by atoms with Crippen LogP contribution in [0.5, 0.6) is 0 Å². The van der Waals surface area contributed by atoms with E-state index in [-0.39, 0.29) is 6.04 Å². The fourth-order valence-corrected chi connectivity index (χ4v) is 1.84. The van der Waals surface area contributed by atoms with Gasteiger partial charge < -0.3 is 10.3 Å². The van der Waals surface area contributed by atoms with Crippen molar-refractivity contribution in [3.63, 3.8) is 0 Å². The molecule has 0 amide bonds. The largest absolute Gasteiger partial charge is 0.337 e. The van der Waals surface area contributed by atoms with Gasteiger partial charge in [0.2, 0.25) is 11.7 Å². The number of hydrogen-bond donors (Lipinski definition) is 1. The average molecular weight is 297 g/mol. The van der Waals surface area contributed by atoms with Crippen LogP contribution < -0.4 is 5.73 Å². The molecule has 0 saturated carbocycles. The molecule has 2 aromatic heterocycles. The molecular weight excluding hydrogens is 284 g/mol. The van der Waals surface area contributed by atoms with Gasteiger partial charge in [0.15, 0.2) is 0 Å². The van der Waals surface area contributed by atoms with Crippen molar-refractivity contribution in [2.45, 2.75) is 25.8 Å². The Bertz CT molecular complexity index is 500. The molecule has 2 N–H and O–H groups in total. The number of hydrogen-bond acceptors (Lipinski definition) is 5. The summed E-state index contributed by atoms with van der Waals surface area (Å²) in [5.41, 5.74) is 6.71. The van der Waals surface area contributed by atoms with E-state index >= 15 is 0 Å². The maximum atomic E-state index is 5.91. The van der Waals surface area contributed by atoms with Gasteiger partial charge in [-0.05, 0) is 28.4 Å². The Balaban J connectivity index is 2.23. The maximum absolute atomic E-state index is 5.91. The fourth-order valence-electron chi connectivity index (χ4n) is 1.47. The van der Waals surface area contributed by atoms with Crippen LogP contribution in [0, 0.1) is 0 Å². The molecule has 5 nitrogen and oxygen atoms in total. The van der Waals surface area contributed by atoms with Crippen LogP contribution in [0.25, 0.3) is 11.4 Å². The van der Waals surface area contributed by atoms with Crippen molar-refractivity contribution < 1.29 is 4.52 Å². The Hall–Kier alpha value is -1.27. The van der Waals surface area contributed by atoms with Gasteiger partial charge in [0.25, 0.3) is 0 Å². The second kappa shape index (κ2) is 5.37. The van der Waals surface area contributed by atoms with Crippen molar-refractivity contribution in [2.75, 3.05) is 0 Å². The Morgan fingerprint density at radius 2 is 2.29 bits per heavy atom. The minimum atomic E-state index is -0.193. The third-order valence-electron chi connectivity index (χ3n) is 2.32. The topological polar surface area (TPSA) is 77.8 Å². The smallest absolute Gasteiger partial charge is 0.243 e. The molecule has 0 aromatic carbocycles. The molecule has 0 radical (unpaired) electrons. The number of pyridine rings is 1. The third-order valence-corrected chi connectivity index (χ3v) is 2.76. The number of rotatable bonds is 4. The van der Waals surface area contributed by atoms with E-state index in [9.17, 15) is 0 Å². The Kier molecular flexibility index (Phi) is 3.86. The highest BCUT2D eigenvalue weighted by Gasteiger charge is 2.15. The average Bonchev–Trinajstić information content (AvgIpc) is 2.78. The van der Waals surface area contributed by atoms with Gasteiger partial charge in [-0.1, -0.05) is 18.5 Å². The van der Waals surface area contributed by atoms with Gasteiger partial charge in [-0.2, -0.15) is 4.98 Å². The van der Waals surface area contributed by atoms with E-state index < -0.39 is 0 Å². The number of nitrogens with zero attached hydrogens (tertiary/aromatic N) is 3. The standard InChI is InChI=1S/C11H13BrN4O/c1-2-3-9(13)11-15-10(16-17-11)7-4-8(12)6-14-5-7/h4-6,9H,2-3,13H2,1H3. The van der Waals surface area contributed by atoms with E-state index in [1.165, 1.54) is 0 Å². The van der Waals surface area contributed by atoms with E-state index in [2.05, 4.69) is 38.0 Å². The summed E-state index contributed by atoms with van der Waals surface area (Å²) in [6, 6.07) is 1.69. The lowest BCUT2D eigenvalue weighted by molar-refractivity contribution is 0.348. The van der Waals surface area contributed by atoms with Crippen molar-refractivity contribution in [1.29, 1.82) is 0 Å². The highest BCUT2D eigenvalue weighted by Crippen LogP contribution is 2.21. The van der Waals surface area contributed by atoms with Gasteiger partial charge in [-0.15, -0.1) is 0 Å². The zero-order chi connectivity index (χ0) is 12.3. The van der Waals surface area contributed by atoms with Crippen molar-refractivity contribution in [3.8, 4) is 11.4 Å². The van der Waals surface area contributed by atoms with Crippen LogP contribution in [0.4, 0.5) is 0 Å². The molecule has 0 aliphatic carbocycles. The van der Waals surface area contributed by atoms with Crippen molar-refractivity contribution >= 4 is 15.9 Å². The van der Waals surface area contributed by atoms with Crippen LogP contribution in [-0.2, 0) is 0 Å². The molecule has 90 valence electrons. The Morgan fingerprint density at radius 3 is 3.00 bits per heavy atom. The first kappa shape index (κ1) is 12.2. The molecule has 17 heavy (non-hydrogen) atoms. The molecule has 0 aliphatic heterocycles. The molecule has 2 heterocycles. The number of aromatic nitrogens is 3. The van der Waals surface area contributed by atoms with Crippen LogP contribution in [0.1, 0.15) is 31.7 Å². The summed E-state index contributed by atoms with van der Waals surface area (Å²) >= 11 is 3.35. The van der Waals surface area contributed by atoms with Crippen molar-refractivity contribution in [1.82, 2.24) is 15.1 Å². The summed E-state index contributed by atoms with van der Waals surface area (Å²) in [6.45, 7) is 2.06. The molecule has 0 spiro atoms. The highest BCUT2D eigenvalue weighted by molar-refractivity contribution is 9.10. The summed E-state index contributed by atoms with van der Waals surface area (Å²) < 4.78 is 6.02. The molecule has 0 saturated heterocycles. The molecule has 0 aliphatic rings. The van der Waals surface area contributed by atoms with Crippen molar-refractivity contribution in [2.24, 2.45) is 5.73 Å². The lowest BCUT2D eigenvalue weighted by Crippen LogP contribution is -2.09. The van der Waals surface area contributed by atoms with E-state index in [0.29, 0.717) is 11.7 Å². The quantitative estimate of drug-likeness (QED) is 0.938. The van der Waals surface area contributed by atoms with Crippen LogP contribution in [-0.4, -0.2) is 15.1 Å². The van der Waals surface area contributed by atoms with Crippen LogP contribution >= 0.6 is 15.9 Å². The Morgan fingerprint density at radius 1 is 1.47 bits per heavy atom. The second-order valence-corrected chi connectivity index (χ2v) is 4.66. The Labute approximate surface area is 108 Å². The zero-order valence-electron chi connectivity index (χ0n) is 9.43. The first-order chi connectivity index (χ1) is 8.20. The number of halogens is 1.